The summed E-state index contributed by atoms with van der Waals surface area (Å²) in [5.74, 6) is 0.950. The highest BCUT2D eigenvalue weighted by Crippen LogP contribution is 2.29. The second-order valence-corrected chi connectivity index (χ2v) is 9.85. The van der Waals surface area contributed by atoms with E-state index in [4.69, 9.17) is 9.47 Å². The molecule has 208 valence electrons. The molecule has 0 saturated carbocycles. The summed E-state index contributed by atoms with van der Waals surface area (Å²) in [4.78, 5) is 16.5. The van der Waals surface area contributed by atoms with Crippen molar-refractivity contribution in [3.05, 3.63) is 70.4 Å². The van der Waals surface area contributed by atoms with E-state index >= 15 is 0 Å². The number of ether oxygens (including phenoxy) is 3. The molecule has 39 heavy (non-hydrogen) atoms. The second kappa shape index (κ2) is 11.4. The topological polar surface area (TPSA) is 91.9 Å². The van der Waals surface area contributed by atoms with Crippen LogP contribution in [0, 0.1) is 16.0 Å². The summed E-state index contributed by atoms with van der Waals surface area (Å²) in [5.41, 5.74) is 2.16. The van der Waals surface area contributed by atoms with E-state index in [0.717, 1.165) is 62.2 Å². The lowest BCUT2D eigenvalue weighted by atomic mass is 9.90. The first-order chi connectivity index (χ1) is 18.7. The van der Waals surface area contributed by atoms with Crippen molar-refractivity contribution in [1.82, 2.24) is 9.55 Å². The Labute approximate surface area is 223 Å². The predicted molar refractivity (Wildman–Crippen MR) is 136 cm³/mol. The number of nitrogens with zero attached hydrogens (tertiary/aromatic N) is 4. The molecule has 0 radical (unpaired) electrons. The zero-order chi connectivity index (χ0) is 27.4. The lowest BCUT2D eigenvalue weighted by Gasteiger charge is -2.33. The Kier molecular flexibility index (Phi) is 7.80. The Bertz CT molecular complexity index is 1230. The van der Waals surface area contributed by atoms with Gasteiger partial charge in [0.1, 0.15) is 24.3 Å². The maximum atomic E-state index is 12.3. The van der Waals surface area contributed by atoms with Crippen molar-refractivity contribution >= 4 is 11.5 Å². The molecule has 2 aromatic carbocycles. The first-order valence-corrected chi connectivity index (χ1v) is 12.9. The van der Waals surface area contributed by atoms with Crippen LogP contribution >= 0.6 is 0 Å². The fourth-order valence-electron chi connectivity index (χ4n) is 5.07. The lowest BCUT2D eigenvalue weighted by molar-refractivity contribution is -0.389. The minimum absolute atomic E-state index is 0.190. The van der Waals surface area contributed by atoms with E-state index in [-0.39, 0.29) is 23.7 Å². The summed E-state index contributed by atoms with van der Waals surface area (Å²) in [6.45, 7) is 2.71. The Hall–Kier alpha value is -3.96. The molecule has 1 saturated heterocycles. The van der Waals surface area contributed by atoms with Crippen molar-refractivity contribution in [2.45, 2.75) is 51.1 Å². The van der Waals surface area contributed by atoms with Crippen molar-refractivity contribution in [2.75, 3.05) is 24.6 Å². The fraction of sp³-hybridized carbons (Fsp3) is 0.444. The van der Waals surface area contributed by atoms with Gasteiger partial charge >= 0.3 is 18.2 Å². The zero-order valence-corrected chi connectivity index (χ0v) is 21.2. The molecular formula is C27H29F3N4O5. The van der Waals surface area contributed by atoms with Crippen LogP contribution < -0.4 is 19.1 Å². The van der Waals surface area contributed by atoms with Gasteiger partial charge in [-0.1, -0.05) is 12.1 Å². The van der Waals surface area contributed by atoms with Crippen LogP contribution in [0.3, 0.4) is 0 Å². The van der Waals surface area contributed by atoms with Gasteiger partial charge in [-0.25, -0.2) is 0 Å². The number of nitro groups is 1. The van der Waals surface area contributed by atoms with Crippen LogP contribution in [0.4, 0.5) is 24.7 Å². The van der Waals surface area contributed by atoms with Crippen LogP contribution in [0.25, 0.3) is 0 Å². The number of hydrogen-bond donors (Lipinski definition) is 0. The summed E-state index contributed by atoms with van der Waals surface area (Å²) in [6, 6.07) is 14.3. The third-order valence-electron chi connectivity index (χ3n) is 7.07. The van der Waals surface area contributed by atoms with Crippen LogP contribution in [-0.4, -0.2) is 46.6 Å². The fourth-order valence-corrected chi connectivity index (χ4v) is 5.07. The van der Waals surface area contributed by atoms with Crippen LogP contribution in [0.2, 0.25) is 0 Å². The van der Waals surface area contributed by atoms with Gasteiger partial charge in [-0.05, 0) is 84.9 Å². The molecule has 12 heteroatoms. The van der Waals surface area contributed by atoms with E-state index in [9.17, 15) is 23.3 Å². The normalized spacial score (nSPS) is 17.5. The number of piperidine rings is 1. The average molecular weight is 547 g/mol. The smallest absolute Gasteiger partial charge is 0.490 e. The van der Waals surface area contributed by atoms with Crippen molar-refractivity contribution < 1.29 is 32.3 Å². The number of aryl methyl sites for hydroxylation is 1. The number of aromatic nitrogens is 2. The number of alkyl halides is 3. The minimum atomic E-state index is -4.67. The van der Waals surface area contributed by atoms with E-state index in [1.807, 2.05) is 24.3 Å². The van der Waals surface area contributed by atoms with Gasteiger partial charge in [0.2, 0.25) is 0 Å². The average Bonchev–Trinajstić information content (AvgIpc) is 3.48. The van der Waals surface area contributed by atoms with E-state index in [2.05, 4.69) is 14.6 Å². The largest absolute Gasteiger partial charge is 0.573 e. The molecule has 5 rings (SSSR count). The van der Waals surface area contributed by atoms with Gasteiger partial charge in [0.05, 0.1) is 6.54 Å². The molecule has 1 aromatic heterocycles. The highest BCUT2D eigenvalue weighted by Gasteiger charge is 2.32. The minimum Gasteiger partial charge on any atom is -0.490 e. The monoisotopic (exact) mass is 546 g/mol. The van der Waals surface area contributed by atoms with E-state index < -0.39 is 11.3 Å². The molecule has 0 bridgehead atoms. The van der Waals surface area contributed by atoms with Gasteiger partial charge in [-0.3, -0.25) is 4.57 Å². The standard InChI is InChI=1S/C27H29F3N4O5/c28-27(29,30)39-23-8-4-19(5-9-23)2-1-3-20-12-14-32(15-13-20)21-6-10-22(11-7-21)37-18-24-16-33-17-25(34(35)36)31-26(33)38-24/h4-11,17,20,24H,1-3,12-16,18H2. The predicted octanol–water partition coefficient (Wildman–Crippen LogP) is 5.77. The van der Waals surface area contributed by atoms with E-state index in [0.29, 0.717) is 19.1 Å². The molecule has 1 atom stereocenters. The van der Waals surface area contributed by atoms with Gasteiger partial charge in [0, 0.05) is 23.8 Å². The summed E-state index contributed by atoms with van der Waals surface area (Å²) in [5, 5.41) is 10.8. The third kappa shape index (κ3) is 7.12. The van der Waals surface area contributed by atoms with E-state index in [1.54, 1.807) is 16.7 Å². The Morgan fingerprint density at radius 3 is 2.38 bits per heavy atom. The molecule has 3 aromatic rings. The lowest BCUT2D eigenvalue weighted by Crippen LogP contribution is -2.33. The molecule has 1 unspecified atom stereocenters. The Balaban J connectivity index is 0.996. The quantitative estimate of drug-likeness (QED) is 0.236. The SMILES string of the molecule is O=[N+]([O-])c1cn2c(n1)OC(COc1ccc(N3CCC(CCCc4ccc(OC(F)(F)F)cc4)CC3)cc1)C2. The van der Waals surface area contributed by atoms with Gasteiger partial charge in [0.25, 0.3) is 0 Å². The van der Waals surface area contributed by atoms with E-state index in [1.165, 1.54) is 18.3 Å². The van der Waals surface area contributed by atoms with Crippen molar-refractivity contribution in [1.29, 1.82) is 0 Å². The molecule has 3 heterocycles. The van der Waals surface area contributed by atoms with Gasteiger partial charge in [-0.2, -0.15) is 0 Å². The molecule has 0 aliphatic carbocycles. The summed E-state index contributed by atoms with van der Waals surface area (Å²) >= 11 is 0. The zero-order valence-electron chi connectivity index (χ0n) is 21.2. The van der Waals surface area contributed by atoms with Crippen LogP contribution in [0.1, 0.15) is 31.2 Å². The summed E-state index contributed by atoms with van der Waals surface area (Å²) in [7, 11) is 0. The van der Waals surface area contributed by atoms with Gasteiger partial charge in [-0.15, -0.1) is 13.2 Å². The molecule has 0 spiro atoms. The van der Waals surface area contributed by atoms with Gasteiger partial charge in [0.15, 0.2) is 6.10 Å². The summed E-state index contributed by atoms with van der Waals surface area (Å²) in [6.07, 6.45) is 1.57. The Morgan fingerprint density at radius 1 is 1.05 bits per heavy atom. The van der Waals surface area contributed by atoms with Crippen molar-refractivity contribution in [2.24, 2.45) is 5.92 Å². The van der Waals surface area contributed by atoms with Gasteiger partial charge < -0.3 is 29.2 Å². The maximum absolute atomic E-state index is 12.3. The third-order valence-corrected chi connectivity index (χ3v) is 7.07. The maximum Gasteiger partial charge on any atom is 0.573 e. The number of imidazole rings is 1. The first-order valence-electron chi connectivity index (χ1n) is 12.9. The molecule has 0 N–H and O–H groups in total. The highest BCUT2D eigenvalue weighted by molar-refractivity contribution is 5.49. The molecule has 0 amide bonds. The second-order valence-electron chi connectivity index (χ2n) is 9.85. The van der Waals surface area contributed by atoms with Crippen LogP contribution in [-0.2, 0) is 13.0 Å². The number of anilines is 1. The van der Waals surface area contributed by atoms with Crippen molar-refractivity contribution in [3.8, 4) is 17.5 Å². The van der Waals surface area contributed by atoms with Crippen molar-refractivity contribution in [3.63, 3.8) is 0 Å². The van der Waals surface area contributed by atoms with Crippen LogP contribution in [0.5, 0.6) is 17.5 Å². The summed E-state index contributed by atoms with van der Waals surface area (Å²) < 4.78 is 53.9. The number of hydrogen-bond acceptors (Lipinski definition) is 7. The molecular weight excluding hydrogens is 517 g/mol. The number of halogens is 3. The molecule has 2 aliphatic rings. The molecule has 9 nitrogen and oxygen atoms in total. The molecule has 2 aliphatic heterocycles. The van der Waals surface area contributed by atoms with Crippen LogP contribution in [0.15, 0.2) is 54.7 Å². The number of benzene rings is 2. The Morgan fingerprint density at radius 2 is 1.74 bits per heavy atom. The first kappa shape index (κ1) is 26.6. The number of rotatable bonds is 10. The molecule has 1 fully saturated rings. The number of fused-ring (bicyclic) bond motifs is 1. The highest BCUT2D eigenvalue weighted by atomic mass is 19.4.